The molecule has 1 aromatic carbocycles. The zero-order valence-electron chi connectivity index (χ0n) is 10.1. The number of nitrogens with one attached hydrogen (secondary N) is 1. The Morgan fingerprint density at radius 1 is 1.11 bits per heavy atom. The summed E-state index contributed by atoms with van der Waals surface area (Å²) in [6, 6.07) is 3.95. The molecule has 8 heteroatoms. The Labute approximate surface area is 105 Å². The van der Waals surface area contributed by atoms with Crippen LogP contribution in [-0.4, -0.2) is 35.8 Å². The van der Waals surface area contributed by atoms with Crippen molar-refractivity contribution in [3.8, 4) is 11.5 Å². The first kappa shape index (κ1) is 14.1. The topological polar surface area (TPSA) is 90.9 Å². The van der Waals surface area contributed by atoms with Gasteiger partial charge in [-0.25, -0.2) is 17.9 Å². The molecule has 0 aromatic heterocycles. The van der Waals surface area contributed by atoms with E-state index in [1.54, 1.807) is 4.72 Å². The average Bonchev–Trinajstić information content (AvgIpc) is 2.37. The summed E-state index contributed by atoms with van der Waals surface area (Å²) in [5, 5.41) is 0. The Balaban J connectivity index is 3.14. The molecule has 1 rings (SSSR count). The van der Waals surface area contributed by atoms with Gasteiger partial charge in [0.1, 0.15) is 0 Å². The summed E-state index contributed by atoms with van der Waals surface area (Å²) in [4.78, 5) is 10.8. The van der Waals surface area contributed by atoms with Crippen molar-refractivity contribution < 1.29 is 27.4 Å². The van der Waals surface area contributed by atoms with E-state index in [1.807, 2.05) is 0 Å². The molecular formula is C10H13NO6S. The summed E-state index contributed by atoms with van der Waals surface area (Å²) in [7, 11) is -0.114. The molecule has 0 aliphatic heterocycles. The number of hydrogen-bond donors (Lipinski definition) is 1. The van der Waals surface area contributed by atoms with Crippen LogP contribution in [0.3, 0.4) is 0 Å². The molecule has 0 aliphatic rings. The molecule has 18 heavy (non-hydrogen) atoms. The molecule has 100 valence electrons. The van der Waals surface area contributed by atoms with Crippen molar-refractivity contribution in [2.24, 2.45) is 0 Å². The third-order valence-corrected chi connectivity index (χ3v) is 3.38. The SMILES string of the molecule is COC(=O)NS(=O)(=O)c1ccc(OC)c(OC)c1. The van der Waals surface area contributed by atoms with Crippen LogP contribution in [0.15, 0.2) is 23.1 Å². The molecule has 0 atom stereocenters. The average molecular weight is 275 g/mol. The third-order valence-electron chi connectivity index (χ3n) is 2.07. The monoisotopic (exact) mass is 275 g/mol. The number of ether oxygens (including phenoxy) is 3. The van der Waals surface area contributed by atoms with Gasteiger partial charge < -0.3 is 14.2 Å². The number of carbonyl (C=O) groups is 1. The van der Waals surface area contributed by atoms with Gasteiger partial charge in [-0.05, 0) is 12.1 Å². The molecule has 0 fully saturated rings. The fraction of sp³-hybridized carbons (Fsp3) is 0.300. The normalized spacial score (nSPS) is 10.6. The van der Waals surface area contributed by atoms with Gasteiger partial charge in [-0.15, -0.1) is 0 Å². The van der Waals surface area contributed by atoms with E-state index >= 15 is 0 Å². The molecule has 0 bridgehead atoms. The van der Waals surface area contributed by atoms with E-state index < -0.39 is 16.1 Å². The van der Waals surface area contributed by atoms with Crippen molar-refractivity contribution in [1.29, 1.82) is 0 Å². The van der Waals surface area contributed by atoms with E-state index in [0.717, 1.165) is 7.11 Å². The van der Waals surface area contributed by atoms with Gasteiger partial charge in [-0.2, -0.15) is 0 Å². The molecule has 0 aliphatic carbocycles. The second kappa shape index (κ2) is 5.58. The zero-order chi connectivity index (χ0) is 13.8. The molecule has 1 aromatic rings. The molecule has 0 saturated carbocycles. The van der Waals surface area contributed by atoms with Crippen LogP contribution in [0.5, 0.6) is 11.5 Å². The van der Waals surface area contributed by atoms with Gasteiger partial charge in [0.15, 0.2) is 11.5 Å². The van der Waals surface area contributed by atoms with Crippen LogP contribution < -0.4 is 14.2 Å². The lowest BCUT2D eigenvalue weighted by Crippen LogP contribution is -2.30. The smallest absolute Gasteiger partial charge is 0.420 e. The minimum absolute atomic E-state index is 0.134. The van der Waals surface area contributed by atoms with Crippen molar-refractivity contribution in [2.45, 2.75) is 4.90 Å². The number of methoxy groups -OCH3 is 3. The summed E-state index contributed by atoms with van der Waals surface area (Å²) in [5.41, 5.74) is 0. The highest BCUT2D eigenvalue weighted by Crippen LogP contribution is 2.29. The number of hydrogen-bond acceptors (Lipinski definition) is 6. The van der Waals surface area contributed by atoms with Crippen LogP contribution in [0, 0.1) is 0 Å². The molecule has 0 spiro atoms. The molecular weight excluding hydrogens is 262 g/mol. The van der Waals surface area contributed by atoms with Crippen LogP contribution in [0.2, 0.25) is 0 Å². The summed E-state index contributed by atoms with van der Waals surface area (Å²) < 4.78 is 39.4. The quantitative estimate of drug-likeness (QED) is 0.871. The van der Waals surface area contributed by atoms with E-state index in [9.17, 15) is 13.2 Å². The molecule has 0 unspecified atom stereocenters. The van der Waals surface area contributed by atoms with E-state index in [2.05, 4.69) is 4.74 Å². The molecule has 1 N–H and O–H groups in total. The summed E-state index contributed by atoms with van der Waals surface area (Å²) in [6.45, 7) is 0. The number of carbonyl (C=O) groups excluding carboxylic acids is 1. The first-order valence-electron chi connectivity index (χ1n) is 4.77. The summed E-state index contributed by atoms with van der Waals surface area (Å²) in [5.74, 6) is 0.625. The van der Waals surface area contributed by atoms with Crippen LogP contribution in [0.1, 0.15) is 0 Å². The lowest BCUT2D eigenvalue weighted by Gasteiger charge is -2.10. The summed E-state index contributed by atoms with van der Waals surface area (Å²) in [6.07, 6.45) is -1.07. The summed E-state index contributed by atoms with van der Waals surface area (Å²) >= 11 is 0. The molecule has 0 saturated heterocycles. The minimum Gasteiger partial charge on any atom is -0.493 e. The zero-order valence-corrected chi connectivity index (χ0v) is 10.9. The fourth-order valence-corrected chi connectivity index (χ4v) is 2.12. The Bertz CT molecular complexity index is 539. The lowest BCUT2D eigenvalue weighted by atomic mass is 10.3. The number of sulfonamides is 1. The number of benzene rings is 1. The van der Waals surface area contributed by atoms with Crippen molar-refractivity contribution in [2.75, 3.05) is 21.3 Å². The number of rotatable bonds is 4. The van der Waals surface area contributed by atoms with Gasteiger partial charge in [0.2, 0.25) is 0 Å². The van der Waals surface area contributed by atoms with Crippen LogP contribution in [0.25, 0.3) is 0 Å². The Kier molecular flexibility index (Phi) is 4.38. The van der Waals surface area contributed by atoms with Crippen molar-refractivity contribution in [1.82, 2.24) is 4.72 Å². The highest BCUT2D eigenvalue weighted by molar-refractivity contribution is 7.90. The predicted octanol–water partition coefficient (Wildman–Crippen LogP) is 0.749. The van der Waals surface area contributed by atoms with Gasteiger partial charge in [0, 0.05) is 6.07 Å². The predicted molar refractivity (Wildman–Crippen MR) is 62.3 cm³/mol. The second-order valence-corrected chi connectivity index (χ2v) is 4.80. The maximum Gasteiger partial charge on any atom is 0.420 e. The van der Waals surface area contributed by atoms with Crippen molar-refractivity contribution in [3.63, 3.8) is 0 Å². The molecule has 7 nitrogen and oxygen atoms in total. The van der Waals surface area contributed by atoms with E-state index in [1.165, 1.54) is 32.4 Å². The van der Waals surface area contributed by atoms with Crippen LogP contribution in [-0.2, 0) is 14.8 Å². The Morgan fingerprint density at radius 3 is 2.22 bits per heavy atom. The molecule has 0 radical (unpaired) electrons. The maximum absolute atomic E-state index is 11.8. The van der Waals surface area contributed by atoms with Crippen LogP contribution >= 0.6 is 0 Å². The van der Waals surface area contributed by atoms with Crippen molar-refractivity contribution >= 4 is 16.1 Å². The van der Waals surface area contributed by atoms with E-state index in [4.69, 9.17) is 9.47 Å². The van der Waals surface area contributed by atoms with Gasteiger partial charge in [0.25, 0.3) is 10.0 Å². The van der Waals surface area contributed by atoms with Gasteiger partial charge in [0.05, 0.1) is 26.2 Å². The third kappa shape index (κ3) is 3.04. The first-order chi connectivity index (χ1) is 8.44. The van der Waals surface area contributed by atoms with Crippen LogP contribution in [0.4, 0.5) is 4.79 Å². The van der Waals surface area contributed by atoms with Gasteiger partial charge >= 0.3 is 6.09 Å². The fourth-order valence-electron chi connectivity index (χ4n) is 1.19. The Morgan fingerprint density at radius 2 is 1.72 bits per heavy atom. The second-order valence-electron chi connectivity index (χ2n) is 3.11. The molecule has 0 heterocycles. The number of amides is 1. The highest BCUT2D eigenvalue weighted by Gasteiger charge is 2.19. The van der Waals surface area contributed by atoms with E-state index in [0.29, 0.717) is 5.75 Å². The first-order valence-corrected chi connectivity index (χ1v) is 6.25. The van der Waals surface area contributed by atoms with Gasteiger partial charge in [-0.3, -0.25) is 0 Å². The molecule has 1 amide bonds. The highest BCUT2D eigenvalue weighted by atomic mass is 32.2. The Hall–Kier alpha value is -1.96. The maximum atomic E-state index is 11.8. The van der Waals surface area contributed by atoms with E-state index in [-0.39, 0.29) is 10.6 Å². The standard InChI is InChI=1S/C10H13NO6S/c1-15-8-5-4-7(6-9(8)16-2)18(13,14)11-10(12)17-3/h4-6H,1-3H3,(H,11,12). The largest absolute Gasteiger partial charge is 0.493 e. The lowest BCUT2D eigenvalue weighted by molar-refractivity contribution is 0.177. The minimum atomic E-state index is -3.99. The van der Waals surface area contributed by atoms with Crippen molar-refractivity contribution in [3.05, 3.63) is 18.2 Å². The van der Waals surface area contributed by atoms with Gasteiger partial charge in [-0.1, -0.05) is 0 Å².